The number of carbonyl (C=O) groups excluding carboxylic acids is 1. The van der Waals surface area contributed by atoms with Crippen LogP contribution in [0.15, 0.2) is 71.9 Å². The number of amides is 1. The fraction of sp³-hybridized carbons (Fsp3) is 0.273. The van der Waals surface area contributed by atoms with Crippen LogP contribution in [0.25, 0.3) is 10.8 Å². The number of benzene rings is 2. The van der Waals surface area contributed by atoms with Crippen LogP contribution >= 0.6 is 0 Å². The molecule has 7 heteroatoms. The van der Waals surface area contributed by atoms with Gasteiger partial charge in [0.1, 0.15) is 0 Å². The molecule has 6 nitrogen and oxygen atoms in total. The van der Waals surface area contributed by atoms with Gasteiger partial charge in [-0.1, -0.05) is 30.3 Å². The minimum Gasteiger partial charge on any atom is -0.339 e. The molecule has 29 heavy (non-hydrogen) atoms. The molecule has 2 heterocycles. The number of rotatable bonds is 5. The highest BCUT2D eigenvalue weighted by atomic mass is 32.2. The molecule has 0 bridgehead atoms. The van der Waals surface area contributed by atoms with Crippen molar-refractivity contribution in [2.45, 2.75) is 17.7 Å². The van der Waals surface area contributed by atoms with Gasteiger partial charge >= 0.3 is 0 Å². The molecule has 0 radical (unpaired) electrons. The molecule has 1 saturated heterocycles. The molecule has 3 aromatic rings. The highest BCUT2D eigenvalue weighted by Gasteiger charge is 2.25. The van der Waals surface area contributed by atoms with E-state index < -0.39 is 10.0 Å². The van der Waals surface area contributed by atoms with Crippen molar-refractivity contribution < 1.29 is 13.2 Å². The van der Waals surface area contributed by atoms with E-state index >= 15 is 0 Å². The maximum atomic E-state index is 12.7. The Bertz CT molecular complexity index is 1110. The van der Waals surface area contributed by atoms with Gasteiger partial charge in [-0.3, -0.25) is 9.78 Å². The van der Waals surface area contributed by atoms with Gasteiger partial charge in [0.15, 0.2) is 0 Å². The van der Waals surface area contributed by atoms with E-state index in [4.69, 9.17) is 0 Å². The van der Waals surface area contributed by atoms with Gasteiger partial charge in [-0.15, -0.1) is 0 Å². The van der Waals surface area contributed by atoms with E-state index in [1.807, 2.05) is 35.2 Å². The lowest BCUT2D eigenvalue weighted by atomic mass is 9.97. The first-order valence-electron chi connectivity index (χ1n) is 9.71. The molecule has 0 saturated carbocycles. The molecule has 2 aromatic carbocycles. The Hall–Kier alpha value is -2.77. The van der Waals surface area contributed by atoms with Gasteiger partial charge in [-0.05, 0) is 53.8 Å². The number of sulfonamides is 1. The van der Waals surface area contributed by atoms with Gasteiger partial charge in [0.2, 0.25) is 10.0 Å². The molecular weight excluding hydrogens is 386 g/mol. The van der Waals surface area contributed by atoms with Crippen LogP contribution in [0.3, 0.4) is 0 Å². The average molecular weight is 410 g/mol. The number of likely N-dealkylation sites (tertiary alicyclic amines) is 1. The van der Waals surface area contributed by atoms with Gasteiger partial charge in [-0.25, -0.2) is 13.1 Å². The van der Waals surface area contributed by atoms with Crippen molar-refractivity contribution >= 4 is 26.7 Å². The highest BCUT2D eigenvalue weighted by molar-refractivity contribution is 7.89. The summed E-state index contributed by atoms with van der Waals surface area (Å²) >= 11 is 0. The molecule has 1 N–H and O–H groups in total. The quantitative estimate of drug-likeness (QED) is 0.702. The van der Waals surface area contributed by atoms with Gasteiger partial charge in [0.25, 0.3) is 5.91 Å². The van der Waals surface area contributed by atoms with Crippen LogP contribution in [0.2, 0.25) is 0 Å². The number of hydrogen-bond acceptors (Lipinski definition) is 4. The molecular formula is C22H23N3O3S. The second kappa shape index (κ2) is 8.31. The Labute approximate surface area is 170 Å². The molecule has 4 rings (SSSR count). The molecule has 1 fully saturated rings. The third-order valence-electron chi connectivity index (χ3n) is 5.40. The number of aromatic nitrogens is 1. The molecule has 150 valence electrons. The van der Waals surface area contributed by atoms with Crippen LogP contribution in [-0.4, -0.2) is 43.8 Å². The van der Waals surface area contributed by atoms with E-state index in [0.29, 0.717) is 25.2 Å². The standard InChI is InChI=1S/C22H23N3O3S/c26-22(20-6-3-11-23-16-20)25-12-9-17(10-13-25)15-24-29(27,28)21-8-7-18-4-1-2-5-19(18)14-21/h1-8,11,14,16-17,24H,9-10,12-13,15H2. The molecule has 0 aliphatic carbocycles. The molecule has 1 aromatic heterocycles. The third kappa shape index (κ3) is 4.46. The van der Waals surface area contributed by atoms with Crippen LogP contribution in [-0.2, 0) is 10.0 Å². The molecule has 0 atom stereocenters. The predicted octanol–water partition coefficient (Wildman–Crippen LogP) is 3.07. The Morgan fingerprint density at radius 1 is 1.03 bits per heavy atom. The number of nitrogens with one attached hydrogen (secondary N) is 1. The molecule has 1 amide bonds. The normalized spacial score (nSPS) is 15.5. The Morgan fingerprint density at radius 2 is 1.79 bits per heavy atom. The van der Waals surface area contributed by atoms with E-state index in [0.717, 1.165) is 23.6 Å². The van der Waals surface area contributed by atoms with E-state index in [1.165, 1.54) is 0 Å². The molecule has 0 spiro atoms. The minimum absolute atomic E-state index is 0.0201. The number of nitrogens with zero attached hydrogens (tertiary/aromatic N) is 2. The van der Waals surface area contributed by atoms with Crippen molar-refractivity contribution in [1.82, 2.24) is 14.6 Å². The molecule has 0 unspecified atom stereocenters. The first-order valence-corrected chi connectivity index (χ1v) is 11.2. The first-order chi connectivity index (χ1) is 14.0. The van der Waals surface area contributed by atoms with Crippen LogP contribution in [0.5, 0.6) is 0 Å². The minimum atomic E-state index is -3.56. The largest absolute Gasteiger partial charge is 0.339 e. The summed E-state index contributed by atoms with van der Waals surface area (Å²) in [7, 11) is -3.56. The second-order valence-electron chi connectivity index (χ2n) is 7.34. The first kappa shape index (κ1) is 19.5. The second-order valence-corrected chi connectivity index (χ2v) is 9.11. The zero-order chi connectivity index (χ0) is 20.3. The van der Waals surface area contributed by atoms with Crippen molar-refractivity contribution in [2.24, 2.45) is 5.92 Å². The van der Waals surface area contributed by atoms with Crippen molar-refractivity contribution in [3.05, 3.63) is 72.6 Å². The number of hydrogen-bond donors (Lipinski definition) is 1. The lowest BCUT2D eigenvalue weighted by Crippen LogP contribution is -2.41. The Balaban J connectivity index is 1.34. The zero-order valence-corrected chi connectivity index (χ0v) is 16.8. The summed E-state index contributed by atoms with van der Waals surface area (Å²) in [6.07, 6.45) is 4.76. The maximum Gasteiger partial charge on any atom is 0.255 e. The van der Waals surface area contributed by atoms with Crippen LogP contribution in [0.1, 0.15) is 23.2 Å². The third-order valence-corrected chi connectivity index (χ3v) is 6.82. The van der Waals surface area contributed by atoms with Gasteiger partial charge < -0.3 is 4.90 Å². The Kier molecular flexibility index (Phi) is 5.60. The predicted molar refractivity (Wildman–Crippen MR) is 112 cm³/mol. The number of carbonyl (C=O) groups is 1. The van der Waals surface area contributed by atoms with Crippen LogP contribution < -0.4 is 4.72 Å². The van der Waals surface area contributed by atoms with E-state index in [1.54, 1.807) is 36.7 Å². The zero-order valence-electron chi connectivity index (χ0n) is 16.0. The summed E-state index contributed by atoms with van der Waals surface area (Å²) in [5, 5.41) is 1.91. The van der Waals surface area contributed by atoms with Crippen LogP contribution in [0.4, 0.5) is 0 Å². The summed E-state index contributed by atoms with van der Waals surface area (Å²) < 4.78 is 28.1. The summed E-state index contributed by atoms with van der Waals surface area (Å²) in [4.78, 5) is 18.6. The maximum absolute atomic E-state index is 12.7. The van der Waals surface area contributed by atoms with Crippen molar-refractivity contribution in [3.8, 4) is 0 Å². The van der Waals surface area contributed by atoms with Gasteiger partial charge in [-0.2, -0.15) is 0 Å². The average Bonchev–Trinajstić information content (AvgIpc) is 2.78. The molecule has 1 aliphatic rings. The highest BCUT2D eigenvalue weighted by Crippen LogP contribution is 2.21. The number of pyridine rings is 1. The lowest BCUT2D eigenvalue weighted by molar-refractivity contribution is 0.0691. The van der Waals surface area contributed by atoms with Gasteiger partial charge in [0, 0.05) is 32.0 Å². The summed E-state index contributed by atoms with van der Waals surface area (Å²) in [5.74, 6) is 0.191. The fourth-order valence-electron chi connectivity index (χ4n) is 3.66. The Morgan fingerprint density at radius 3 is 2.52 bits per heavy atom. The monoisotopic (exact) mass is 409 g/mol. The number of piperidine rings is 1. The van der Waals surface area contributed by atoms with Crippen molar-refractivity contribution in [3.63, 3.8) is 0 Å². The summed E-state index contributed by atoms with van der Waals surface area (Å²) in [5.41, 5.74) is 0.586. The summed E-state index contributed by atoms with van der Waals surface area (Å²) in [6.45, 7) is 1.62. The topological polar surface area (TPSA) is 79.4 Å². The van der Waals surface area contributed by atoms with Crippen molar-refractivity contribution in [1.29, 1.82) is 0 Å². The van der Waals surface area contributed by atoms with E-state index in [9.17, 15) is 13.2 Å². The van der Waals surface area contributed by atoms with Crippen LogP contribution in [0, 0.1) is 5.92 Å². The fourth-order valence-corrected chi connectivity index (χ4v) is 4.81. The molecule has 1 aliphatic heterocycles. The lowest BCUT2D eigenvalue weighted by Gasteiger charge is -2.32. The SMILES string of the molecule is O=C(c1cccnc1)N1CCC(CNS(=O)(=O)c2ccc3ccccc3c2)CC1. The smallest absolute Gasteiger partial charge is 0.255 e. The number of fused-ring (bicyclic) bond motifs is 1. The van der Waals surface area contributed by atoms with Crippen molar-refractivity contribution in [2.75, 3.05) is 19.6 Å². The summed E-state index contributed by atoms with van der Waals surface area (Å²) in [6, 6.07) is 16.4. The van der Waals surface area contributed by atoms with Gasteiger partial charge in [0.05, 0.1) is 10.5 Å². The van der Waals surface area contributed by atoms with E-state index in [2.05, 4.69) is 9.71 Å². The van der Waals surface area contributed by atoms with E-state index in [-0.39, 0.29) is 16.7 Å².